The Balaban J connectivity index is 1.85. The van der Waals surface area contributed by atoms with E-state index in [1.165, 1.54) is 0 Å². The van der Waals surface area contributed by atoms with Crippen molar-refractivity contribution in [2.45, 2.75) is 25.3 Å². The van der Waals surface area contributed by atoms with E-state index >= 15 is 0 Å². The van der Waals surface area contributed by atoms with Crippen molar-refractivity contribution < 1.29 is 14.3 Å². The lowest BCUT2D eigenvalue weighted by atomic mass is 10.1. The first-order valence-electron chi connectivity index (χ1n) is 6.94. The average molecular weight is 278 g/mol. The SMILES string of the molecule is COc1ccc(CCC(=O)NC2CCNC2)cc1OC. The lowest BCUT2D eigenvalue weighted by molar-refractivity contribution is -0.121. The molecule has 0 bridgehead atoms. The Labute approximate surface area is 119 Å². The fraction of sp³-hybridized carbons (Fsp3) is 0.533. The predicted molar refractivity (Wildman–Crippen MR) is 77.3 cm³/mol. The molecule has 5 heteroatoms. The number of methoxy groups -OCH3 is 2. The van der Waals surface area contributed by atoms with Gasteiger partial charge in [0.2, 0.25) is 5.91 Å². The van der Waals surface area contributed by atoms with Crippen LogP contribution in [0.1, 0.15) is 18.4 Å². The van der Waals surface area contributed by atoms with E-state index in [1.54, 1.807) is 14.2 Å². The van der Waals surface area contributed by atoms with Gasteiger partial charge in [-0.15, -0.1) is 0 Å². The molecular formula is C15H22N2O3. The summed E-state index contributed by atoms with van der Waals surface area (Å²) < 4.78 is 10.5. The first-order chi connectivity index (χ1) is 9.72. The van der Waals surface area contributed by atoms with Crippen LogP contribution in [0.3, 0.4) is 0 Å². The summed E-state index contributed by atoms with van der Waals surface area (Å²) in [6, 6.07) is 6.04. The van der Waals surface area contributed by atoms with Gasteiger partial charge < -0.3 is 20.1 Å². The Bertz CT molecular complexity index is 456. The molecule has 0 saturated carbocycles. The predicted octanol–water partition coefficient (Wildman–Crippen LogP) is 1.11. The molecule has 1 heterocycles. The Morgan fingerprint density at radius 3 is 2.80 bits per heavy atom. The second-order valence-corrected chi connectivity index (χ2v) is 4.95. The standard InChI is InChI=1S/C15H22N2O3/c1-19-13-5-3-11(9-14(13)20-2)4-6-15(18)17-12-7-8-16-10-12/h3,5,9,12,16H,4,6-8,10H2,1-2H3,(H,17,18). The van der Waals surface area contributed by atoms with Crippen molar-refractivity contribution in [3.63, 3.8) is 0 Å². The number of hydrogen-bond donors (Lipinski definition) is 2. The molecule has 0 spiro atoms. The van der Waals surface area contributed by atoms with Gasteiger partial charge in [0.15, 0.2) is 11.5 Å². The Hall–Kier alpha value is -1.75. The van der Waals surface area contributed by atoms with Crippen LogP contribution in [0, 0.1) is 0 Å². The van der Waals surface area contributed by atoms with Gasteiger partial charge in [-0.1, -0.05) is 6.07 Å². The van der Waals surface area contributed by atoms with Crippen molar-refractivity contribution in [2.75, 3.05) is 27.3 Å². The molecule has 5 nitrogen and oxygen atoms in total. The second kappa shape index (κ2) is 7.14. The van der Waals surface area contributed by atoms with Crippen molar-refractivity contribution in [1.29, 1.82) is 0 Å². The number of ether oxygens (including phenoxy) is 2. The molecule has 1 aromatic carbocycles. The molecule has 1 amide bonds. The van der Waals surface area contributed by atoms with Crippen LogP contribution in [0.5, 0.6) is 11.5 Å². The highest BCUT2D eigenvalue weighted by Gasteiger charge is 2.16. The molecule has 1 aliphatic heterocycles. The molecule has 1 saturated heterocycles. The Kier molecular flexibility index (Phi) is 5.24. The average Bonchev–Trinajstić information content (AvgIpc) is 2.97. The molecule has 0 aromatic heterocycles. The molecule has 2 N–H and O–H groups in total. The van der Waals surface area contributed by atoms with Gasteiger partial charge in [-0.05, 0) is 37.1 Å². The number of carbonyl (C=O) groups is 1. The van der Waals surface area contributed by atoms with E-state index in [0.717, 1.165) is 25.1 Å². The van der Waals surface area contributed by atoms with Crippen molar-refractivity contribution in [2.24, 2.45) is 0 Å². The minimum absolute atomic E-state index is 0.105. The number of benzene rings is 1. The van der Waals surface area contributed by atoms with Crippen LogP contribution in [0.15, 0.2) is 18.2 Å². The molecule has 1 fully saturated rings. The molecule has 20 heavy (non-hydrogen) atoms. The van der Waals surface area contributed by atoms with Crippen LogP contribution in [-0.4, -0.2) is 39.3 Å². The fourth-order valence-electron chi connectivity index (χ4n) is 2.37. The quantitative estimate of drug-likeness (QED) is 0.818. The monoisotopic (exact) mass is 278 g/mol. The third-order valence-electron chi connectivity index (χ3n) is 3.51. The minimum atomic E-state index is 0.105. The highest BCUT2D eigenvalue weighted by Crippen LogP contribution is 2.27. The third-order valence-corrected chi connectivity index (χ3v) is 3.51. The largest absolute Gasteiger partial charge is 0.493 e. The van der Waals surface area contributed by atoms with Gasteiger partial charge in [-0.2, -0.15) is 0 Å². The molecule has 110 valence electrons. The summed E-state index contributed by atoms with van der Waals surface area (Å²) in [6.07, 6.45) is 2.21. The Morgan fingerprint density at radius 2 is 2.15 bits per heavy atom. The number of carbonyl (C=O) groups excluding carboxylic acids is 1. The zero-order valence-corrected chi connectivity index (χ0v) is 12.1. The van der Waals surface area contributed by atoms with Crippen LogP contribution in [0.2, 0.25) is 0 Å². The normalized spacial score (nSPS) is 17.8. The number of aryl methyl sites for hydroxylation is 1. The van der Waals surface area contributed by atoms with Crippen molar-refractivity contribution in [3.05, 3.63) is 23.8 Å². The van der Waals surface area contributed by atoms with Crippen molar-refractivity contribution >= 4 is 5.91 Å². The van der Waals surface area contributed by atoms with E-state index in [9.17, 15) is 4.79 Å². The summed E-state index contributed by atoms with van der Waals surface area (Å²) in [5.41, 5.74) is 1.07. The van der Waals surface area contributed by atoms with Crippen LogP contribution in [0.4, 0.5) is 0 Å². The molecule has 1 unspecified atom stereocenters. The van der Waals surface area contributed by atoms with E-state index in [-0.39, 0.29) is 11.9 Å². The van der Waals surface area contributed by atoms with Crippen molar-refractivity contribution in [1.82, 2.24) is 10.6 Å². The van der Waals surface area contributed by atoms with Gasteiger partial charge in [-0.3, -0.25) is 4.79 Å². The summed E-state index contributed by atoms with van der Waals surface area (Å²) in [5, 5.41) is 6.28. The van der Waals surface area contributed by atoms with E-state index < -0.39 is 0 Å². The van der Waals surface area contributed by atoms with Crippen LogP contribution in [0.25, 0.3) is 0 Å². The third kappa shape index (κ3) is 3.87. The number of hydrogen-bond acceptors (Lipinski definition) is 4. The summed E-state index contributed by atoms with van der Waals surface area (Å²) >= 11 is 0. The maximum Gasteiger partial charge on any atom is 0.220 e. The van der Waals surface area contributed by atoms with Crippen LogP contribution < -0.4 is 20.1 Å². The molecular weight excluding hydrogens is 256 g/mol. The van der Waals surface area contributed by atoms with E-state index in [4.69, 9.17) is 9.47 Å². The van der Waals surface area contributed by atoms with E-state index in [1.807, 2.05) is 18.2 Å². The molecule has 0 aliphatic carbocycles. The molecule has 2 rings (SSSR count). The number of amides is 1. The molecule has 1 aromatic rings. The Morgan fingerprint density at radius 1 is 1.35 bits per heavy atom. The number of rotatable bonds is 6. The van der Waals surface area contributed by atoms with Gasteiger partial charge in [0, 0.05) is 19.0 Å². The van der Waals surface area contributed by atoms with Crippen LogP contribution in [-0.2, 0) is 11.2 Å². The highest BCUT2D eigenvalue weighted by molar-refractivity contribution is 5.76. The van der Waals surface area contributed by atoms with Gasteiger partial charge in [-0.25, -0.2) is 0 Å². The fourth-order valence-corrected chi connectivity index (χ4v) is 2.37. The lowest BCUT2D eigenvalue weighted by Crippen LogP contribution is -2.36. The smallest absolute Gasteiger partial charge is 0.220 e. The summed E-state index contributed by atoms with van der Waals surface area (Å²) in [6.45, 7) is 1.86. The highest BCUT2D eigenvalue weighted by atomic mass is 16.5. The first-order valence-corrected chi connectivity index (χ1v) is 6.94. The van der Waals surface area contributed by atoms with Gasteiger partial charge in [0.1, 0.15) is 0 Å². The molecule has 0 radical (unpaired) electrons. The van der Waals surface area contributed by atoms with E-state index in [0.29, 0.717) is 24.3 Å². The minimum Gasteiger partial charge on any atom is -0.493 e. The van der Waals surface area contributed by atoms with Gasteiger partial charge in [0.25, 0.3) is 0 Å². The maximum atomic E-state index is 11.9. The first kappa shape index (κ1) is 14.7. The lowest BCUT2D eigenvalue weighted by Gasteiger charge is -2.12. The summed E-state index contributed by atoms with van der Waals surface area (Å²) in [7, 11) is 3.22. The van der Waals surface area contributed by atoms with Gasteiger partial charge >= 0.3 is 0 Å². The zero-order chi connectivity index (χ0) is 14.4. The topological polar surface area (TPSA) is 59.6 Å². The molecule has 1 aliphatic rings. The van der Waals surface area contributed by atoms with Gasteiger partial charge in [0.05, 0.1) is 14.2 Å². The zero-order valence-electron chi connectivity index (χ0n) is 12.1. The number of nitrogens with one attached hydrogen (secondary N) is 2. The second-order valence-electron chi connectivity index (χ2n) is 4.95. The maximum absolute atomic E-state index is 11.9. The summed E-state index contributed by atoms with van der Waals surface area (Å²) in [4.78, 5) is 11.9. The summed E-state index contributed by atoms with van der Waals surface area (Å²) in [5.74, 6) is 1.51. The molecule has 1 atom stereocenters. The van der Waals surface area contributed by atoms with Crippen LogP contribution >= 0.6 is 0 Å². The van der Waals surface area contributed by atoms with E-state index in [2.05, 4.69) is 10.6 Å². The van der Waals surface area contributed by atoms with Crippen molar-refractivity contribution in [3.8, 4) is 11.5 Å².